The summed E-state index contributed by atoms with van der Waals surface area (Å²) in [5.41, 5.74) is 1.83. The van der Waals surface area contributed by atoms with Crippen molar-refractivity contribution in [1.29, 1.82) is 0 Å². The fourth-order valence-electron chi connectivity index (χ4n) is 1.98. The smallest absolute Gasteiger partial charge is 0.271 e. The maximum atomic E-state index is 5.95. The largest absolute Gasteiger partial charge is 0.382 e. The molecule has 0 unspecified atom stereocenters. The normalized spacial score (nSPS) is 18.2. The molecule has 1 aromatic heterocycles. The van der Waals surface area contributed by atoms with Gasteiger partial charge in [0, 0.05) is 17.0 Å². The van der Waals surface area contributed by atoms with Gasteiger partial charge in [-0.3, -0.25) is 0 Å². The lowest BCUT2D eigenvalue weighted by atomic mass is 10.0. The number of hydrogen-bond donors (Lipinski definition) is 0. The van der Waals surface area contributed by atoms with E-state index < -0.39 is 0 Å². The minimum atomic E-state index is -0.284. The Hall–Kier alpha value is -1.88. The number of aromatic nitrogens is 2. The van der Waals surface area contributed by atoms with Crippen LogP contribution < -0.4 is 0 Å². The molecule has 1 aliphatic heterocycles. The van der Waals surface area contributed by atoms with Crippen LogP contribution in [-0.4, -0.2) is 15.9 Å². The van der Waals surface area contributed by atoms with Crippen LogP contribution in [0.4, 0.5) is 0 Å². The number of nitrogens with zero attached hydrogens (tertiary/aromatic N) is 3. The number of halogens is 1. The van der Waals surface area contributed by atoms with E-state index in [1.54, 1.807) is 12.1 Å². The summed E-state index contributed by atoms with van der Waals surface area (Å²) in [4.78, 5) is 9.71. The first-order valence-corrected chi connectivity index (χ1v) is 6.83. The molecule has 1 atom stereocenters. The van der Waals surface area contributed by atoms with Crippen molar-refractivity contribution >= 4 is 17.3 Å². The first kappa shape index (κ1) is 13.1. The Labute approximate surface area is 121 Å². The molecule has 20 heavy (non-hydrogen) atoms. The minimum absolute atomic E-state index is 0.284. The number of oxime groups is 1. The van der Waals surface area contributed by atoms with Crippen molar-refractivity contribution in [2.45, 2.75) is 26.4 Å². The first-order valence-electron chi connectivity index (χ1n) is 6.45. The lowest BCUT2D eigenvalue weighted by Crippen LogP contribution is -2.06. The lowest BCUT2D eigenvalue weighted by molar-refractivity contribution is 0.0599. The second-order valence-electron chi connectivity index (χ2n) is 5.00. The van der Waals surface area contributed by atoms with Gasteiger partial charge in [0.2, 0.25) is 11.9 Å². The summed E-state index contributed by atoms with van der Waals surface area (Å²) in [5, 5.41) is 8.66. The molecule has 6 heteroatoms. The third kappa shape index (κ3) is 2.54. The van der Waals surface area contributed by atoms with Gasteiger partial charge in [-0.15, -0.1) is 0 Å². The van der Waals surface area contributed by atoms with Crippen molar-refractivity contribution in [2.24, 2.45) is 11.1 Å². The van der Waals surface area contributed by atoms with E-state index in [2.05, 4.69) is 29.1 Å². The van der Waals surface area contributed by atoms with E-state index in [0.29, 0.717) is 29.1 Å². The van der Waals surface area contributed by atoms with Gasteiger partial charge in [-0.05, 0) is 18.1 Å². The van der Waals surface area contributed by atoms with Gasteiger partial charge in [-0.25, -0.2) is 0 Å². The second kappa shape index (κ2) is 5.25. The van der Waals surface area contributed by atoms with Crippen LogP contribution in [0.25, 0.3) is 11.4 Å². The molecule has 3 rings (SSSR count). The predicted molar refractivity (Wildman–Crippen MR) is 75.5 cm³/mol. The fourth-order valence-corrected chi connectivity index (χ4v) is 2.17. The van der Waals surface area contributed by atoms with Crippen molar-refractivity contribution in [3.63, 3.8) is 0 Å². The summed E-state index contributed by atoms with van der Waals surface area (Å²) in [7, 11) is 0. The highest BCUT2D eigenvalue weighted by Crippen LogP contribution is 2.30. The topological polar surface area (TPSA) is 60.5 Å². The summed E-state index contributed by atoms with van der Waals surface area (Å²) in [6.07, 6.45) is 0.405. The van der Waals surface area contributed by atoms with Crippen LogP contribution >= 0.6 is 11.6 Å². The maximum absolute atomic E-state index is 5.95. The Bertz CT molecular complexity index is 651. The van der Waals surface area contributed by atoms with E-state index in [1.165, 1.54) is 0 Å². The van der Waals surface area contributed by atoms with Crippen LogP contribution in [0.3, 0.4) is 0 Å². The first-order chi connectivity index (χ1) is 9.63. The molecule has 0 N–H and O–H groups in total. The Kier molecular flexibility index (Phi) is 3.44. The van der Waals surface area contributed by atoms with E-state index in [-0.39, 0.29) is 6.10 Å². The summed E-state index contributed by atoms with van der Waals surface area (Å²) >= 11 is 5.95. The molecule has 0 saturated heterocycles. The Morgan fingerprint density at radius 3 is 2.90 bits per heavy atom. The third-order valence-electron chi connectivity index (χ3n) is 3.16. The van der Waals surface area contributed by atoms with E-state index >= 15 is 0 Å². The van der Waals surface area contributed by atoms with Crippen LogP contribution in [0.1, 0.15) is 32.3 Å². The van der Waals surface area contributed by atoms with Crippen LogP contribution in [0.15, 0.2) is 33.9 Å². The lowest BCUT2D eigenvalue weighted by Gasteiger charge is -2.02. The molecule has 2 aromatic rings. The van der Waals surface area contributed by atoms with Crippen LogP contribution in [-0.2, 0) is 4.84 Å². The molecule has 2 heterocycles. The summed E-state index contributed by atoms with van der Waals surface area (Å²) in [6, 6.07) is 7.32. The zero-order valence-corrected chi connectivity index (χ0v) is 12.0. The predicted octanol–water partition coefficient (Wildman–Crippen LogP) is 3.86. The minimum Gasteiger partial charge on any atom is -0.382 e. The standard InChI is InChI=1S/C14H14ClN3O2/c1-8(2)11-7-12(19-17-11)14-16-13(18-20-14)9-4-3-5-10(15)6-9/h3-6,8,12H,7H2,1-2H3/t12-/m1/s1. The molecule has 0 radical (unpaired) electrons. The number of rotatable bonds is 3. The zero-order chi connectivity index (χ0) is 14.1. The highest BCUT2D eigenvalue weighted by atomic mass is 35.5. The van der Waals surface area contributed by atoms with E-state index in [9.17, 15) is 0 Å². The van der Waals surface area contributed by atoms with Gasteiger partial charge in [-0.1, -0.05) is 47.9 Å². The summed E-state index contributed by atoms with van der Waals surface area (Å²) < 4.78 is 5.27. The van der Waals surface area contributed by atoms with Gasteiger partial charge in [0.25, 0.3) is 5.89 Å². The van der Waals surface area contributed by atoms with Crippen LogP contribution in [0.2, 0.25) is 5.02 Å². The molecule has 104 valence electrons. The average molecular weight is 292 g/mol. The van der Waals surface area contributed by atoms with Crippen molar-refractivity contribution < 1.29 is 9.36 Å². The Morgan fingerprint density at radius 1 is 1.35 bits per heavy atom. The van der Waals surface area contributed by atoms with Crippen LogP contribution in [0, 0.1) is 5.92 Å². The van der Waals surface area contributed by atoms with Crippen molar-refractivity contribution in [3.8, 4) is 11.4 Å². The molecule has 0 fully saturated rings. The molecule has 0 aliphatic carbocycles. The van der Waals surface area contributed by atoms with Crippen LogP contribution in [0.5, 0.6) is 0 Å². The summed E-state index contributed by atoms with van der Waals surface area (Å²) in [6.45, 7) is 4.16. The molecule has 5 nitrogen and oxygen atoms in total. The molecule has 0 amide bonds. The van der Waals surface area contributed by atoms with E-state index in [1.807, 2.05) is 12.1 Å². The van der Waals surface area contributed by atoms with Crippen molar-refractivity contribution in [1.82, 2.24) is 10.1 Å². The molecule has 0 saturated carbocycles. The van der Waals surface area contributed by atoms with Gasteiger partial charge in [-0.2, -0.15) is 4.98 Å². The maximum Gasteiger partial charge on any atom is 0.271 e. The highest BCUT2D eigenvalue weighted by molar-refractivity contribution is 6.30. The average Bonchev–Trinajstić information content (AvgIpc) is 3.08. The molecular formula is C14H14ClN3O2. The van der Waals surface area contributed by atoms with Gasteiger partial charge >= 0.3 is 0 Å². The van der Waals surface area contributed by atoms with Gasteiger partial charge in [0.1, 0.15) is 0 Å². The van der Waals surface area contributed by atoms with Crippen molar-refractivity contribution in [3.05, 3.63) is 35.2 Å². The molecular weight excluding hydrogens is 278 g/mol. The number of hydrogen-bond acceptors (Lipinski definition) is 5. The fraction of sp³-hybridized carbons (Fsp3) is 0.357. The monoisotopic (exact) mass is 291 g/mol. The van der Waals surface area contributed by atoms with E-state index in [0.717, 1.165) is 11.3 Å². The molecule has 1 aromatic carbocycles. The van der Waals surface area contributed by atoms with E-state index in [4.69, 9.17) is 21.0 Å². The third-order valence-corrected chi connectivity index (χ3v) is 3.39. The second-order valence-corrected chi connectivity index (χ2v) is 5.44. The highest BCUT2D eigenvalue weighted by Gasteiger charge is 2.29. The SMILES string of the molecule is CC(C)C1=NO[C@@H](c2nc(-c3cccc(Cl)c3)no2)C1. The quantitative estimate of drug-likeness (QED) is 0.861. The molecule has 0 spiro atoms. The van der Waals surface area contributed by atoms with Gasteiger partial charge in [0.15, 0.2) is 0 Å². The number of benzene rings is 1. The molecule has 1 aliphatic rings. The summed E-state index contributed by atoms with van der Waals surface area (Å²) in [5.74, 6) is 1.30. The Morgan fingerprint density at radius 2 is 2.20 bits per heavy atom. The van der Waals surface area contributed by atoms with Crippen molar-refractivity contribution in [2.75, 3.05) is 0 Å². The Balaban J connectivity index is 1.79. The van der Waals surface area contributed by atoms with Gasteiger partial charge in [0.05, 0.1) is 5.71 Å². The van der Waals surface area contributed by atoms with Gasteiger partial charge < -0.3 is 9.36 Å². The zero-order valence-electron chi connectivity index (χ0n) is 11.2. The molecule has 0 bridgehead atoms.